The zero-order valence-electron chi connectivity index (χ0n) is 16.5. The number of anilines is 2. The molecule has 3 aromatic rings. The van der Waals surface area contributed by atoms with Gasteiger partial charge in [0.1, 0.15) is 5.69 Å². The SMILES string of the molecule is Cc1cc2sc(NC(=S)NC(=O)c3ccc(N4CCCC4)c([N+](=O)[O-])c3)nc2cc1Cl. The number of hydrogen-bond donors (Lipinski definition) is 2. The van der Waals surface area contributed by atoms with Gasteiger partial charge in [-0.15, -0.1) is 0 Å². The van der Waals surface area contributed by atoms with Gasteiger partial charge in [-0.2, -0.15) is 0 Å². The lowest BCUT2D eigenvalue weighted by atomic mass is 10.1. The van der Waals surface area contributed by atoms with Crippen molar-refractivity contribution in [3.8, 4) is 0 Å². The van der Waals surface area contributed by atoms with Crippen LogP contribution in [-0.2, 0) is 0 Å². The van der Waals surface area contributed by atoms with Crippen molar-refractivity contribution in [1.82, 2.24) is 10.3 Å². The van der Waals surface area contributed by atoms with Gasteiger partial charge in [0.2, 0.25) is 0 Å². The van der Waals surface area contributed by atoms with Crippen molar-refractivity contribution in [3.63, 3.8) is 0 Å². The van der Waals surface area contributed by atoms with Crippen molar-refractivity contribution in [1.29, 1.82) is 0 Å². The lowest BCUT2D eigenvalue weighted by molar-refractivity contribution is -0.384. The van der Waals surface area contributed by atoms with E-state index in [1.807, 2.05) is 17.9 Å². The van der Waals surface area contributed by atoms with Crippen LogP contribution < -0.4 is 15.5 Å². The highest BCUT2D eigenvalue weighted by Gasteiger charge is 2.24. The molecule has 31 heavy (non-hydrogen) atoms. The highest BCUT2D eigenvalue weighted by Crippen LogP contribution is 2.32. The minimum absolute atomic E-state index is 0.0538. The smallest absolute Gasteiger partial charge is 0.293 e. The number of carbonyl (C=O) groups excluding carboxylic acids is 1. The Hall–Kier alpha value is -2.82. The molecule has 160 valence electrons. The number of benzene rings is 2. The molecule has 1 amide bonds. The molecule has 2 heterocycles. The van der Waals surface area contributed by atoms with E-state index in [2.05, 4.69) is 15.6 Å². The number of nitro groups is 1. The number of thiazole rings is 1. The van der Waals surface area contributed by atoms with Gasteiger partial charge in [0.05, 0.1) is 15.1 Å². The first-order valence-corrected chi connectivity index (χ1v) is 11.1. The molecule has 0 aliphatic carbocycles. The molecule has 0 atom stereocenters. The Morgan fingerprint density at radius 1 is 1.29 bits per heavy atom. The van der Waals surface area contributed by atoms with Crippen LogP contribution in [0.1, 0.15) is 28.8 Å². The van der Waals surface area contributed by atoms with Crippen LogP contribution in [0.3, 0.4) is 0 Å². The van der Waals surface area contributed by atoms with Crippen LogP contribution in [0.25, 0.3) is 10.2 Å². The van der Waals surface area contributed by atoms with Gasteiger partial charge in [-0.05, 0) is 61.8 Å². The zero-order valence-corrected chi connectivity index (χ0v) is 18.9. The standard InChI is InChI=1S/C20H18ClN5O3S2/c1-11-8-17-14(10-13(11)21)22-20(31-17)24-19(30)23-18(27)12-4-5-15(16(9-12)26(28)29)25-6-2-3-7-25/h4-5,8-10H,2-3,6-7H2,1H3,(H2,22,23,24,27,30). The summed E-state index contributed by atoms with van der Waals surface area (Å²) in [5.74, 6) is -0.534. The molecular formula is C20H18ClN5O3S2. The predicted octanol–water partition coefficient (Wildman–Crippen LogP) is 4.89. The van der Waals surface area contributed by atoms with Crippen LogP contribution in [0.15, 0.2) is 30.3 Å². The van der Waals surface area contributed by atoms with Gasteiger partial charge in [-0.25, -0.2) is 4.98 Å². The van der Waals surface area contributed by atoms with Gasteiger partial charge in [-0.1, -0.05) is 22.9 Å². The molecule has 1 aliphatic rings. The van der Waals surface area contributed by atoms with Crippen LogP contribution in [0, 0.1) is 17.0 Å². The molecule has 1 aromatic heterocycles. The maximum atomic E-state index is 12.6. The number of amides is 1. The molecule has 0 saturated carbocycles. The van der Waals surface area contributed by atoms with Gasteiger partial charge < -0.3 is 10.2 Å². The van der Waals surface area contributed by atoms with Crippen LogP contribution in [0.5, 0.6) is 0 Å². The summed E-state index contributed by atoms with van der Waals surface area (Å²) in [5.41, 5.74) is 2.27. The lowest BCUT2D eigenvalue weighted by Gasteiger charge is -2.17. The van der Waals surface area contributed by atoms with Crippen molar-refractivity contribution in [2.24, 2.45) is 0 Å². The zero-order chi connectivity index (χ0) is 22.1. The van der Waals surface area contributed by atoms with E-state index < -0.39 is 10.8 Å². The molecule has 1 fully saturated rings. The highest BCUT2D eigenvalue weighted by molar-refractivity contribution is 7.80. The Morgan fingerprint density at radius 3 is 2.74 bits per heavy atom. The molecule has 2 aromatic carbocycles. The second-order valence-electron chi connectivity index (χ2n) is 7.15. The molecule has 8 nitrogen and oxygen atoms in total. The number of aryl methyl sites for hydroxylation is 1. The number of fused-ring (bicyclic) bond motifs is 1. The Kier molecular flexibility index (Phi) is 6.03. The van der Waals surface area contributed by atoms with E-state index in [-0.39, 0.29) is 16.4 Å². The summed E-state index contributed by atoms with van der Waals surface area (Å²) < 4.78 is 0.937. The molecular weight excluding hydrogens is 458 g/mol. The van der Waals surface area contributed by atoms with Crippen molar-refractivity contribution in [2.45, 2.75) is 19.8 Å². The molecule has 0 spiro atoms. The third-order valence-corrected chi connectivity index (χ3v) is 6.54. The second kappa shape index (κ2) is 8.74. The number of carbonyl (C=O) groups is 1. The monoisotopic (exact) mass is 475 g/mol. The fourth-order valence-electron chi connectivity index (χ4n) is 3.44. The molecule has 1 aliphatic heterocycles. The summed E-state index contributed by atoms with van der Waals surface area (Å²) in [6.07, 6.45) is 1.99. The third kappa shape index (κ3) is 4.60. The van der Waals surface area contributed by atoms with Gasteiger partial charge >= 0.3 is 0 Å². The van der Waals surface area contributed by atoms with E-state index in [0.29, 0.717) is 15.8 Å². The molecule has 11 heteroatoms. The maximum absolute atomic E-state index is 12.6. The Bertz CT molecular complexity index is 1170. The Balaban J connectivity index is 1.48. The highest BCUT2D eigenvalue weighted by atomic mass is 35.5. The van der Waals surface area contributed by atoms with E-state index in [1.165, 1.54) is 17.4 Å². The Morgan fingerprint density at radius 2 is 2.03 bits per heavy atom. The first-order valence-electron chi connectivity index (χ1n) is 9.54. The molecule has 0 unspecified atom stereocenters. The largest absolute Gasteiger partial charge is 0.366 e. The fraction of sp³-hybridized carbons (Fsp3) is 0.250. The van der Waals surface area contributed by atoms with Crippen LogP contribution >= 0.6 is 35.2 Å². The van der Waals surface area contributed by atoms with E-state index in [0.717, 1.165) is 41.7 Å². The number of halogens is 1. The summed E-state index contributed by atoms with van der Waals surface area (Å²) in [7, 11) is 0. The number of aromatic nitrogens is 1. The van der Waals surface area contributed by atoms with E-state index in [9.17, 15) is 14.9 Å². The molecule has 2 N–H and O–H groups in total. The first kappa shape index (κ1) is 21.4. The minimum Gasteiger partial charge on any atom is -0.366 e. The summed E-state index contributed by atoms with van der Waals surface area (Å²) in [5, 5.41) is 18.2. The number of nitrogens with zero attached hydrogens (tertiary/aromatic N) is 3. The summed E-state index contributed by atoms with van der Waals surface area (Å²) in [6, 6.07) is 8.18. The second-order valence-corrected chi connectivity index (χ2v) is 9.00. The van der Waals surface area contributed by atoms with Crippen molar-refractivity contribution in [3.05, 3.63) is 56.6 Å². The maximum Gasteiger partial charge on any atom is 0.293 e. The topological polar surface area (TPSA) is 100 Å². The predicted molar refractivity (Wildman–Crippen MR) is 128 cm³/mol. The van der Waals surface area contributed by atoms with Crippen LogP contribution in [0.4, 0.5) is 16.5 Å². The third-order valence-electron chi connectivity index (χ3n) is 5.00. The van der Waals surface area contributed by atoms with Gasteiger partial charge in [0, 0.05) is 29.7 Å². The Labute approximate surface area is 192 Å². The summed E-state index contributed by atoms with van der Waals surface area (Å²) >= 11 is 12.7. The van der Waals surface area contributed by atoms with E-state index in [4.69, 9.17) is 23.8 Å². The molecule has 0 bridgehead atoms. The van der Waals surface area contributed by atoms with E-state index in [1.54, 1.807) is 18.2 Å². The van der Waals surface area contributed by atoms with Gasteiger partial charge in [-0.3, -0.25) is 20.2 Å². The van der Waals surface area contributed by atoms with E-state index >= 15 is 0 Å². The summed E-state index contributed by atoms with van der Waals surface area (Å²) in [4.78, 5) is 30.1. The molecule has 0 radical (unpaired) electrons. The van der Waals surface area contributed by atoms with Crippen LogP contribution in [0.2, 0.25) is 5.02 Å². The number of hydrogen-bond acceptors (Lipinski definition) is 7. The number of nitro benzene ring substituents is 1. The number of nitrogens with one attached hydrogen (secondary N) is 2. The normalized spacial score (nSPS) is 13.4. The fourth-order valence-corrected chi connectivity index (χ4v) is 4.81. The first-order chi connectivity index (χ1) is 14.8. The molecule has 4 rings (SSSR count). The summed E-state index contributed by atoms with van der Waals surface area (Å²) in [6.45, 7) is 3.45. The van der Waals surface area contributed by atoms with Gasteiger partial charge in [0.25, 0.3) is 11.6 Å². The van der Waals surface area contributed by atoms with Crippen molar-refractivity contribution >= 4 is 72.9 Å². The number of rotatable bonds is 4. The average Bonchev–Trinajstić information content (AvgIpc) is 3.37. The minimum atomic E-state index is -0.534. The lowest BCUT2D eigenvalue weighted by Crippen LogP contribution is -2.34. The number of thiocarbonyl (C=S) groups is 1. The van der Waals surface area contributed by atoms with Gasteiger partial charge in [0.15, 0.2) is 10.2 Å². The van der Waals surface area contributed by atoms with Crippen molar-refractivity contribution < 1.29 is 9.72 Å². The molecule has 1 saturated heterocycles. The average molecular weight is 476 g/mol. The van der Waals surface area contributed by atoms with Crippen molar-refractivity contribution in [2.75, 3.05) is 23.3 Å². The quantitative estimate of drug-likeness (QED) is 0.314. The van der Waals surface area contributed by atoms with Crippen LogP contribution in [-0.4, -0.2) is 34.0 Å².